The van der Waals surface area contributed by atoms with Gasteiger partial charge in [-0.15, -0.1) is 0 Å². The molecule has 0 spiro atoms. The van der Waals surface area contributed by atoms with Crippen LogP contribution in [0.1, 0.15) is 12.0 Å². The van der Waals surface area contributed by atoms with E-state index in [1.165, 1.54) is 6.08 Å². The largest absolute Gasteiger partial charge is 0.481 e. The lowest BCUT2D eigenvalue weighted by atomic mass is 9.96. The standard InChI is InChI=1S/C15H19NO4/c1-2-8-20-15(19)16-11-13(10-14(17)18)9-12-6-4-3-5-7-12/h2-7,13H,1,8-11H2,(H,16,19)(H,17,18). The van der Waals surface area contributed by atoms with Gasteiger partial charge in [-0.1, -0.05) is 43.0 Å². The van der Waals surface area contributed by atoms with Gasteiger partial charge in [0.1, 0.15) is 6.61 Å². The van der Waals surface area contributed by atoms with Crippen molar-refractivity contribution in [1.82, 2.24) is 5.32 Å². The molecule has 1 atom stereocenters. The van der Waals surface area contributed by atoms with Crippen LogP contribution in [0.5, 0.6) is 0 Å². The molecule has 108 valence electrons. The summed E-state index contributed by atoms with van der Waals surface area (Å²) >= 11 is 0. The summed E-state index contributed by atoms with van der Waals surface area (Å²) < 4.78 is 4.78. The lowest BCUT2D eigenvalue weighted by Crippen LogP contribution is -2.31. The highest BCUT2D eigenvalue weighted by atomic mass is 16.5. The zero-order chi connectivity index (χ0) is 14.8. The fourth-order valence-electron chi connectivity index (χ4n) is 1.82. The number of ether oxygens (including phenoxy) is 1. The Labute approximate surface area is 118 Å². The number of carboxylic acid groups (broad SMARTS) is 1. The zero-order valence-electron chi connectivity index (χ0n) is 11.2. The average molecular weight is 277 g/mol. The number of aliphatic carboxylic acids is 1. The zero-order valence-corrected chi connectivity index (χ0v) is 11.2. The minimum atomic E-state index is -0.882. The third kappa shape index (κ3) is 6.58. The second kappa shape index (κ2) is 8.74. The minimum Gasteiger partial charge on any atom is -0.481 e. The van der Waals surface area contributed by atoms with E-state index in [2.05, 4.69) is 11.9 Å². The first-order valence-corrected chi connectivity index (χ1v) is 6.39. The second-order valence-electron chi connectivity index (χ2n) is 4.42. The van der Waals surface area contributed by atoms with E-state index >= 15 is 0 Å². The number of hydrogen-bond donors (Lipinski definition) is 2. The molecule has 0 heterocycles. The summed E-state index contributed by atoms with van der Waals surface area (Å²) in [6.07, 6.45) is 1.50. The molecular weight excluding hydrogens is 258 g/mol. The highest BCUT2D eigenvalue weighted by molar-refractivity contribution is 5.68. The maximum absolute atomic E-state index is 11.3. The Morgan fingerprint density at radius 1 is 1.35 bits per heavy atom. The van der Waals surface area contributed by atoms with Crippen LogP contribution in [0.3, 0.4) is 0 Å². The molecule has 0 saturated heterocycles. The fraction of sp³-hybridized carbons (Fsp3) is 0.333. The van der Waals surface area contributed by atoms with Gasteiger partial charge in [0.05, 0.1) is 6.42 Å². The summed E-state index contributed by atoms with van der Waals surface area (Å²) in [6, 6.07) is 9.58. The normalized spacial score (nSPS) is 11.4. The third-order valence-electron chi connectivity index (χ3n) is 2.70. The summed E-state index contributed by atoms with van der Waals surface area (Å²) in [5.41, 5.74) is 1.04. The van der Waals surface area contributed by atoms with Crippen molar-refractivity contribution in [3.8, 4) is 0 Å². The molecule has 0 aliphatic carbocycles. The molecule has 5 nitrogen and oxygen atoms in total. The number of carboxylic acids is 1. The van der Waals surface area contributed by atoms with Crippen LogP contribution in [0.25, 0.3) is 0 Å². The van der Waals surface area contributed by atoms with E-state index in [4.69, 9.17) is 9.84 Å². The Hall–Kier alpha value is -2.30. The molecule has 0 aliphatic heterocycles. The molecule has 5 heteroatoms. The molecule has 0 aromatic heterocycles. The first kappa shape index (κ1) is 15.8. The minimum absolute atomic E-state index is 0.00334. The van der Waals surface area contributed by atoms with Gasteiger partial charge in [-0.3, -0.25) is 4.79 Å². The van der Waals surface area contributed by atoms with Crippen molar-refractivity contribution in [3.63, 3.8) is 0 Å². The lowest BCUT2D eigenvalue weighted by molar-refractivity contribution is -0.138. The molecule has 1 aromatic rings. The summed E-state index contributed by atoms with van der Waals surface area (Å²) in [5.74, 6) is -1.06. The molecule has 0 aliphatic rings. The third-order valence-corrected chi connectivity index (χ3v) is 2.70. The SMILES string of the molecule is C=CCOC(=O)NCC(CC(=O)O)Cc1ccccc1. The number of hydrogen-bond acceptors (Lipinski definition) is 3. The van der Waals surface area contributed by atoms with Crippen molar-refractivity contribution in [2.75, 3.05) is 13.2 Å². The smallest absolute Gasteiger partial charge is 0.407 e. The van der Waals surface area contributed by atoms with Crippen LogP contribution in [-0.2, 0) is 16.0 Å². The summed E-state index contributed by atoms with van der Waals surface area (Å²) in [5, 5.41) is 11.5. The Morgan fingerprint density at radius 2 is 2.05 bits per heavy atom. The van der Waals surface area contributed by atoms with Crippen molar-refractivity contribution in [1.29, 1.82) is 0 Å². The molecule has 2 N–H and O–H groups in total. The molecular formula is C15H19NO4. The topological polar surface area (TPSA) is 75.6 Å². The van der Waals surface area contributed by atoms with E-state index in [9.17, 15) is 9.59 Å². The van der Waals surface area contributed by atoms with E-state index in [1.807, 2.05) is 30.3 Å². The van der Waals surface area contributed by atoms with Crippen LogP contribution in [0, 0.1) is 5.92 Å². The summed E-state index contributed by atoms with van der Waals surface area (Å²) in [4.78, 5) is 22.2. The predicted molar refractivity (Wildman–Crippen MR) is 75.4 cm³/mol. The van der Waals surface area contributed by atoms with Crippen LogP contribution in [0.15, 0.2) is 43.0 Å². The summed E-state index contributed by atoms with van der Waals surface area (Å²) in [6.45, 7) is 3.83. The van der Waals surface area contributed by atoms with E-state index in [1.54, 1.807) is 0 Å². The Kier molecular flexibility index (Phi) is 6.89. The van der Waals surface area contributed by atoms with Gasteiger partial charge in [0.2, 0.25) is 0 Å². The fourth-order valence-corrected chi connectivity index (χ4v) is 1.82. The molecule has 0 bridgehead atoms. The molecule has 20 heavy (non-hydrogen) atoms. The number of alkyl carbamates (subject to hydrolysis) is 1. The molecule has 1 amide bonds. The Balaban J connectivity index is 2.49. The van der Waals surface area contributed by atoms with Crippen LogP contribution in [0.4, 0.5) is 4.79 Å². The van der Waals surface area contributed by atoms with Gasteiger partial charge in [0.25, 0.3) is 0 Å². The maximum atomic E-state index is 11.3. The monoisotopic (exact) mass is 277 g/mol. The van der Waals surface area contributed by atoms with E-state index in [0.29, 0.717) is 6.42 Å². The van der Waals surface area contributed by atoms with Crippen LogP contribution >= 0.6 is 0 Å². The van der Waals surface area contributed by atoms with E-state index in [-0.39, 0.29) is 25.5 Å². The van der Waals surface area contributed by atoms with Crippen molar-refractivity contribution in [2.24, 2.45) is 5.92 Å². The highest BCUT2D eigenvalue weighted by Crippen LogP contribution is 2.12. The average Bonchev–Trinajstić information content (AvgIpc) is 2.43. The maximum Gasteiger partial charge on any atom is 0.407 e. The summed E-state index contributed by atoms with van der Waals surface area (Å²) in [7, 11) is 0. The van der Waals surface area contributed by atoms with Gasteiger partial charge in [0.15, 0.2) is 0 Å². The number of carbonyl (C=O) groups is 2. The molecule has 1 unspecified atom stereocenters. The van der Waals surface area contributed by atoms with Gasteiger partial charge in [0, 0.05) is 6.54 Å². The second-order valence-corrected chi connectivity index (χ2v) is 4.42. The number of nitrogens with one attached hydrogen (secondary N) is 1. The predicted octanol–water partition coefficient (Wildman–Crippen LogP) is 2.23. The van der Waals surface area contributed by atoms with Gasteiger partial charge in [-0.2, -0.15) is 0 Å². The number of amides is 1. The van der Waals surface area contributed by atoms with Crippen molar-refractivity contribution < 1.29 is 19.4 Å². The van der Waals surface area contributed by atoms with Crippen LogP contribution in [-0.4, -0.2) is 30.3 Å². The Morgan fingerprint density at radius 3 is 2.65 bits per heavy atom. The quantitative estimate of drug-likeness (QED) is 0.714. The molecule has 0 fully saturated rings. The van der Waals surface area contributed by atoms with E-state index < -0.39 is 12.1 Å². The van der Waals surface area contributed by atoms with Crippen LogP contribution in [0.2, 0.25) is 0 Å². The number of carbonyl (C=O) groups excluding carboxylic acids is 1. The van der Waals surface area contributed by atoms with Crippen molar-refractivity contribution in [2.45, 2.75) is 12.8 Å². The van der Waals surface area contributed by atoms with Gasteiger partial charge >= 0.3 is 12.1 Å². The lowest BCUT2D eigenvalue weighted by Gasteiger charge is -2.15. The van der Waals surface area contributed by atoms with Crippen molar-refractivity contribution >= 4 is 12.1 Å². The van der Waals surface area contributed by atoms with Gasteiger partial charge in [-0.05, 0) is 17.9 Å². The first-order valence-electron chi connectivity index (χ1n) is 6.39. The number of benzene rings is 1. The van der Waals surface area contributed by atoms with Crippen molar-refractivity contribution in [3.05, 3.63) is 48.6 Å². The Bertz CT molecular complexity index is 444. The van der Waals surface area contributed by atoms with E-state index in [0.717, 1.165) is 5.56 Å². The van der Waals surface area contributed by atoms with Gasteiger partial charge in [-0.25, -0.2) is 4.79 Å². The van der Waals surface area contributed by atoms with Gasteiger partial charge < -0.3 is 15.2 Å². The first-order chi connectivity index (χ1) is 9.61. The molecule has 1 rings (SSSR count). The molecule has 0 radical (unpaired) electrons. The molecule has 0 saturated carbocycles. The molecule has 1 aromatic carbocycles. The van der Waals surface area contributed by atoms with Crippen LogP contribution < -0.4 is 5.32 Å². The number of rotatable bonds is 8. The highest BCUT2D eigenvalue weighted by Gasteiger charge is 2.15.